The van der Waals surface area contributed by atoms with Crippen molar-refractivity contribution in [2.75, 3.05) is 26.7 Å². The number of nitrogens with zero attached hydrogens (tertiary/aromatic N) is 1. The monoisotopic (exact) mass is 482 g/mol. The Bertz CT molecular complexity index is 506. The Morgan fingerprint density at radius 2 is 1.06 bits per heavy atom. The molecule has 0 unspecified atom stereocenters. The summed E-state index contributed by atoms with van der Waals surface area (Å²) in [5.74, 6) is -0.269. The molecule has 0 aromatic heterocycles. The van der Waals surface area contributed by atoms with E-state index in [1.807, 2.05) is 18.2 Å². The molecule has 2 N–H and O–H groups in total. The molecule has 4 heteroatoms. The van der Waals surface area contributed by atoms with Gasteiger partial charge in [-0.05, 0) is 31.1 Å². The van der Waals surface area contributed by atoms with E-state index in [4.69, 9.17) is 5.73 Å². The van der Waals surface area contributed by atoms with Crippen LogP contribution >= 0.6 is 0 Å². The van der Waals surface area contributed by atoms with Crippen molar-refractivity contribution >= 4 is 5.91 Å². The molecule has 3 nitrogen and oxygen atoms in total. The van der Waals surface area contributed by atoms with Crippen LogP contribution in [0.1, 0.15) is 116 Å². The molecule has 0 aliphatic rings. The SMILES string of the molecule is C=CC[N+](C)(CC=C)CC=C(CCCCCCCCCCCCCCCCCC)C(N)=O.[Cl-]. The van der Waals surface area contributed by atoms with Crippen LogP contribution in [-0.2, 0) is 4.79 Å². The average molecular weight is 483 g/mol. The lowest BCUT2D eigenvalue weighted by Gasteiger charge is -2.31. The standard InChI is InChI=1S/C29H54N2O.ClH/c1-5-8-9-10-11-12-13-14-15-16-17-18-19-20-21-22-23-28(29(30)32)24-27-31(4,25-6-2)26-7-3;/h6-7,24H,2-3,5,8-23,25-27H2,1,4H3,(H-,30,32);1H. The highest BCUT2D eigenvalue weighted by atomic mass is 35.5. The zero-order chi connectivity index (χ0) is 23.9. The van der Waals surface area contributed by atoms with Crippen molar-refractivity contribution in [2.24, 2.45) is 5.73 Å². The number of likely N-dealkylation sites (N-methyl/N-ethyl adjacent to an activating group) is 1. The van der Waals surface area contributed by atoms with Crippen molar-refractivity contribution in [1.29, 1.82) is 0 Å². The van der Waals surface area contributed by atoms with Crippen LogP contribution in [0.25, 0.3) is 0 Å². The van der Waals surface area contributed by atoms with Gasteiger partial charge >= 0.3 is 0 Å². The molecule has 0 saturated heterocycles. The topological polar surface area (TPSA) is 43.1 Å². The summed E-state index contributed by atoms with van der Waals surface area (Å²) in [4.78, 5) is 11.8. The van der Waals surface area contributed by atoms with E-state index in [1.165, 1.54) is 96.3 Å². The second-order valence-electron chi connectivity index (χ2n) is 9.89. The van der Waals surface area contributed by atoms with Crippen LogP contribution in [0.2, 0.25) is 0 Å². The summed E-state index contributed by atoms with van der Waals surface area (Å²) in [6.07, 6.45) is 28.4. The predicted molar refractivity (Wildman–Crippen MR) is 143 cm³/mol. The lowest BCUT2D eigenvalue weighted by Crippen LogP contribution is -3.00. The molecule has 0 spiro atoms. The van der Waals surface area contributed by atoms with Crippen molar-refractivity contribution in [3.05, 3.63) is 37.0 Å². The van der Waals surface area contributed by atoms with E-state index >= 15 is 0 Å². The summed E-state index contributed by atoms with van der Waals surface area (Å²) in [5.41, 5.74) is 6.41. The second kappa shape index (κ2) is 24.1. The molecule has 0 bridgehead atoms. The highest BCUT2D eigenvalue weighted by Crippen LogP contribution is 2.16. The zero-order valence-electron chi connectivity index (χ0n) is 22.1. The van der Waals surface area contributed by atoms with Crippen LogP contribution in [0, 0.1) is 0 Å². The van der Waals surface area contributed by atoms with E-state index in [0.717, 1.165) is 42.5 Å². The third-order valence-corrected chi connectivity index (χ3v) is 6.53. The van der Waals surface area contributed by atoms with Gasteiger partial charge in [-0.25, -0.2) is 0 Å². The fourth-order valence-corrected chi connectivity index (χ4v) is 4.37. The number of carbonyl (C=O) groups is 1. The van der Waals surface area contributed by atoms with Crippen LogP contribution in [0.5, 0.6) is 0 Å². The summed E-state index contributed by atoms with van der Waals surface area (Å²) >= 11 is 0. The highest BCUT2D eigenvalue weighted by molar-refractivity contribution is 5.91. The smallest absolute Gasteiger partial charge is 0.244 e. The van der Waals surface area contributed by atoms with E-state index in [2.05, 4.69) is 27.1 Å². The molecule has 0 aliphatic heterocycles. The molecule has 0 fully saturated rings. The first-order valence-electron chi connectivity index (χ1n) is 13.5. The lowest BCUT2D eigenvalue weighted by atomic mass is 10.0. The molecule has 1 amide bonds. The minimum atomic E-state index is -0.269. The number of unbranched alkanes of at least 4 members (excludes halogenated alkanes) is 15. The van der Waals surface area contributed by atoms with Crippen molar-refractivity contribution in [3.8, 4) is 0 Å². The summed E-state index contributed by atoms with van der Waals surface area (Å²) in [5, 5.41) is 0. The van der Waals surface area contributed by atoms with Crippen molar-refractivity contribution in [1.82, 2.24) is 0 Å². The highest BCUT2D eigenvalue weighted by Gasteiger charge is 2.17. The second-order valence-corrected chi connectivity index (χ2v) is 9.89. The number of amides is 1. The lowest BCUT2D eigenvalue weighted by molar-refractivity contribution is -0.892. The molecule has 0 aromatic rings. The van der Waals surface area contributed by atoms with Gasteiger partial charge in [-0.2, -0.15) is 0 Å². The average Bonchev–Trinajstić information content (AvgIpc) is 2.75. The largest absolute Gasteiger partial charge is 1.00 e. The van der Waals surface area contributed by atoms with Gasteiger partial charge in [-0.15, -0.1) is 0 Å². The van der Waals surface area contributed by atoms with Gasteiger partial charge in [0.2, 0.25) is 5.91 Å². The Kier molecular flexibility index (Phi) is 24.9. The Hall–Kier alpha value is -1.06. The molecular formula is C29H55ClN2O. The van der Waals surface area contributed by atoms with Gasteiger partial charge in [0.1, 0.15) is 0 Å². The maximum atomic E-state index is 11.8. The number of rotatable bonds is 24. The molecule has 0 atom stereocenters. The Morgan fingerprint density at radius 3 is 1.39 bits per heavy atom. The van der Waals surface area contributed by atoms with E-state index < -0.39 is 0 Å². The van der Waals surface area contributed by atoms with Gasteiger partial charge in [0, 0.05) is 5.57 Å². The van der Waals surface area contributed by atoms with Gasteiger partial charge in [0.05, 0.1) is 26.7 Å². The van der Waals surface area contributed by atoms with Gasteiger partial charge < -0.3 is 22.6 Å². The van der Waals surface area contributed by atoms with Crippen molar-refractivity contribution < 1.29 is 21.7 Å². The van der Waals surface area contributed by atoms with Crippen LogP contribution < -0.4 is 18.1 Å². The Balaban J connectivity index is 0. The molecule has 0 heterocycles. The number of halogens is 1. The molecule has 0 aromatic carbocycles. The van der Waals surface area contributed by atoms with E-state index in [9.17, 15) is 4.79 Å². The summed E-state index contributed by atoms with van der Waals surface area (Å²) in [6.45, 7) is 12.5. The minimum absolute atomic E-state index is 0. The fraction of sp³-hybridized carbons (Fsp3) is 0.759. The normalized spacial score (nSPS) is 11.8. The molecule has 194 valence electrons. The van der Waals surface area contributed by atoms with E-state index in [0.29, 0.717) is 0 Å². The number of hydrogen-bond donors (Lipinski definition) is 1. The molecule has 0 aliphatic carbocycles. The minimum Gasteiger partial charge on any atom is -1.00 e. The molecular weight excluding hydrogens is 428 g/mol. The quantitative estimate of drug-likeness (QED) is 0.0906. The van der Waals surface area contributed by atoms with E-state index in [1.54, 1.807) is 0 Å². The number of quaternary nitrogens is 1. The number of nitrogens with two attached hydrogens (primary N) is 1. The summed E-state index contributed by atoms with van der Waals surface area (Å²) in [6, 6.07) is 0. The van der Waals surface area contributed by atoms with Crippen LogP contribution in [0.4, 0.5) is 0 Å². The molecule has 0 radical (unpaired) electrons. The van der Waals surface area contributed by atoms with E-state index in [-0.39, 0.29) is 18.3 Å². The Labute approximate surface area is 213 Å². The van der Waals surface area contributed by atoms with Gasteiger partial charge in [-0.3, -0.25) is 4.79 Å². The van der Waals surface area contributed by atoms with Gasteiger partial charge in [-0.1, -0.05) is 116 Å². The van der Waals surface area contributed by atoms with Crippen LogP contribution in [0.3, 0.4) is 0 Å². The first-order valence-corrected chi connectivity index (χ1v) is 13.5. The third-order valence-electron chi connectivity index (χ3n) is 6.53. The fourth-order valence-electron chi connectivity index (χ4n) is 4.37. The third kappa shape index (κ3) is 21.2. The number of hydrogen-bond acceptors (Lipinski definition) is 1. The molecule has 0 saturated carbocycles. The van der Waals surface area contributed by atoms with Crippen molar-refractivity contribution in [2.45, 2.75) is 116 Å². The Morgan fingerprint density at radius 1 is 0.697 bits per heavy atom. The molecule has 0 rings (SSSR count). The summed E-state index contributed by atoms with van der Waals surface area (Å²) < 4.78 is 0.780. The predicted octanol–water partition coefficient (Wildman–Crippen LogP) is 4.87. The van der Waals surface area contributed by atoms with Crippen LogP contribution in [-0.4, -0.2) is 37.1 Å². The first-order chi connectivity index (χ1) is 15.5. The zero-order valence-corrected chi connectivity index (χ0v) is 22.9. The maximum absolute atomic E-state index is 11.8. The van der Waals surface area contributed by atoms with Crippen LogP contribution in [0.15, 0.2) is 37.0 Å². The van der Waals surface area contributed by atoms with Gasteiger partial charge in [0.25, 0.3) is 0 Å². The van der Waals surface area contributed by atoms with Crippen molar-refractivity contribution in [3.63, 3.8) is 0 Å². The maximum Gasteiger partial charge on any atom is 0.244 e. The number of carbonyl (C=O) groups excluding carboxylic acids is 1. The molecule has 33 heavy (non-hydrogen) atoms. The van der Waals surface area contributed by atoms with Gasteiger partial charge in [0.15, 0.2) is 0 Å². The number of primary amides is 1. The summed E-state index contributed by atoms with van der Waals surface area (Å²) in [7, 11) is 2.16. The first kappa shape index (κ1) is 34.1.